The number of carbonyl (C=O) groups is 2. The molecule has 33 heavy (non-hydrogen) atoms. The fourth-order valence-electron chi connectivity index (χ4n) is 3.69. The molecule has 3 rings (SSSR count). The Morgan fingerprint density at radius 3 is 2.15 bits per heavy atom. The topological polar surface area (TPSA) is 49.4 Å². The molecule has 5 heteroatoms. The predicted molar refractivity (Wildman–Crippen MR) is 129 cm³/mol. The van der Waals surface area contributed by atoms with Crippen molar-refractivity contribution in [1.82, 2.24) is 10.2 Å². The van der Waals surface area contributed by atoms with Gasteiger partial charge in [0.05, 0.1) is 6.42 Å². The van der Waals surface area contributed by atoms with E-state index in [2.05, 4.69) is 5.32 Å². The van der Waals surface area contributed by atoms with Gasteiger partial charge in [-0.1, -0.05) is 79.2 Å². The number of benzene rings is 3. The normalized spacial score (nSPS) is 11.6. The van der Waals surface area contributed by atoms with Crippen LogP contribution < -0.4 is 5.32 Å². The average Bonchev–Trinajstić information content (AvgIpc) is 2.83. The van der Waals surface area contributed by atoms with Crippen molar-refractivity contribution < 1.29 is 14.0 Å². The van der Waals surface area contributed by atoms with E-state index in [0.717, 1.165) is 28.7 Å². The smallest absolute Gasteiger partial charge is 0.243 e. The van der Waals surface area contributed by atoms with Gasteiger partial charge in [-0.2, -0.15) is 0 Å². The highest BCUT2D eigenvalue weighted by Gasteiger charge is 2.30. The summed E-state index contributed by atoms with van der Waals surface area (Å²) in [5, 5.41) is 2.96. The molecule has 0 heterocycles. The molecule has 0 aliphatic rings. The molecule has 0 spiro atoms. The van der Waals surface area contributed by atoms with Crippen LogP contribution >= 0.6 is 0 Å². The molecular formula is C28H31FN2O2. The second-order valence-corrected chi connectivity index (χ2v) is 8.31. The lowest BCUT2D eigenvalue weighted by molar-refractivity contribution is -0.140. The lowest BCUT2D eigenvalue weighted by Gasteiger charge is -2.31. The minimum atomic E-state index is -0.679. The molecular weight excluding hydrogens is 415 g/mol. The Morgan fingerprint density at radius 1 is 0.879 bits per heavy atom. The zero-order valence-corrected chi connectivity index (χ0v) is 19.3. The van der Waals surface area contributed by atoms with E-state index < -0.39 is 6.04 Å². The van der Waals surface area contributed by atoms with Gasteiger partial charge in [0.1, 0.15) is 11.9 Å². The Morgan fingerprint density at radius 2 is 1.52 bits per heavy atom. The van der Waals surface area contributed by atoms with E-state index in [-0.39, 0.29) is 30.6 Å². The van der Waals surface area contributed by atoms with E-state index in [1.165, 1.54) is 12.1 Å². The number of hydrogen-bond donors (Lipinski definition) is 1. The van der Waals surface area contributed by atoms with Gasteiger partial charge in [0, 0.05) is 19.5 Å². The van der Waals surface area contributed by atoms with Crippen LogP contribution in [0.2, 0.25) is 0 Å². The number of halogens is 1. The molecule has 0 radical (unpaired) electrons. The zero-order chi connectivity index (χ0) is 23.6. The highest BCUT2D eigenvalue weighted by atomic mass is 19.1. The van der Waals surface area contributed by atoms with Crippen molar-refractivity contribution in [1.29, 1.82) is 0 Å². The summed E-state index contributed by atoms with van der Waals surface area (Å²) >= 11 is 0. The Labute approximate surface area is 195 Å². The molecule has 1 atom stereocenters. The molecule has 172 valence electrons. The van der Waals surface area contributed by atoms with Crippen molar-refractivity contribution in [3.8, 4) is 0 Å². The van der Waals surface area contributed by atoms with Crippen LogP contribution in [-0.4, -0.2) is 29.3 Å². The quantitative estimate of drug-likeness (QED) is 0.484. The van der Waals surface area contributed by atoms with Crippen molar-refractivity contribution in [2.75, 3.05) is 6.54 Å². The molecule has 0 unspecified atom stereocenters. The van der Waals surface area contributed by atoms with Crippen LogP contribution in [0.1, 0.15) is 35.6 Å². The van der Waals surface area contributed by atoms with Crippen LogP contribution in [0.4, 0.5) is 4.39 Å². The molecule has 0 saturated carbocycles. The number of amides is 2. The third kappa shape index (κ3) is 7.28. The SMILES string of the molecule is CCCNC(=O)[C@@H](Cc1ccccc1)N(Cc1ccc(F)cc1)C(=O)Cc1ccc(C)cc1. The van der Waals surface area contributed by atoms with E-state index in [9.17, 15) is 14.0 Å². The largest absolute Gasteiger partial charge is 0.354 e. The lowest BCUT2D eigenvalue weighted by atomic mass is 10.0. The first-order valence-electron chi connectivity index (χ1n) is 11.4. The van der Waals surface area contributed by atoms with Crippen LogP contribution in [0.25, 0.3) is 0 Å². The highest BCUT2D eigenvalue weighted by Crippen LogP contribution is 2.17. The maximum atomic E-state index is 13.6. The molecule has 0 aromatic heterocycles. The molecule has 0 bridgehead atoms. The van der Waals surface area contributed by atoms with Gasteiger partial charge in [-0.3, -0.25) is 9.59 Å². The standard InChI is InChI=1S/C28H31FN2O2/c1-3-17-30-28(33)26(18-22-7-5-4-6-8-22)31(20-24-13-15-25(29)16-14-24)27(32)19-23-11-9-21(2)10-12-23/h4-16,26H,3,17-20H2,1-2H3,(H,30,33)/t26-/m1/s1. The summed E-state index contributed by atoms with van der Waals surface area (Å²) in [7, 11) is 0. The fraction of sp³-hybridized carbons (Fsp3) is 0.286. The van der Waals surface area contributed by atoms with Gasteiger partial charge >= 0.3 is 0 Å². The predicted octanol–water partition coefficient (Wildman–Crippen LogP) is 4.84. The van der Waals surface area contributed by atoms with Gasteiger partial charge in [0.15, 0.2) is 0 Å². The second kappa shape index (κ2) is 12.0. The average molecular weight is 447 g/mol. The summed E-state index contributed by atoms with van der Waals surface area (Å²) in [6.45, 7) is 4.76. The molecule has 0 saturated heterocycles. The minimum Gasteiger partial charge on any atom is -0.354 e. The summed E-state index contributed by atoms with van der Waals surface area (Å²) in [6, 6.07) is 22.9. The molecule has 0 fully saturated rings. The molecule has 0 aliphatic carbocycles. The minimum absolute atomic E-state index is 0.143. The summed E-state index contributed by atoms with van der Waals surface area (Å²) < 4.78 is 13.5. The first-order valence-corrected chi connectivity index (χ1v) is 11.4. The third-order valence-corrected chi connectivity index (χ3v) is 5.56. The van der Waals surface area contributed by atoms with E-state index >= 15 is 0 Å². The first kappa shape index (κ1) is 24.2. The van der Waals surface area contributed by atoms with Gasteiger partial charge in [-0.25, -0.2) is 4.39 Å². The Balaban J connectivity index is 1.93. The summed E-state index contributed by atoms with van der Waals surface area (Å²) in [5.74, 6) is -0.659. The third-order valence-electron chi connectivity index (χ3n) is 5.56. The molecule has 3 aromatic rings. The van der Waals surface area contributed by atoms with Gasteiger partial charge in [-0.05, 0) is 42.2 Å². The van der Waals surface area contributed by atoms with E-state index in [1.54, 1.807) is 17.0 Å². The number of carbonyl (C=O) groups excluding carboxylic acids is 2. The van der Waals surface area contributed by atoms with E-state index in [0.29, 0.717) is 13.0 Å². The fourth-order valence-corrected chi connectivity index (χ4v) is 3.69. The van der Waals surface area contributed by atoms with Crippen LogP contribution in [0.15, 0.2) is 78.9 Å². The van der Waals surface area contributed by atoms with Crippen LogP contribution in [0.3, 0.4) is 0 Å². The van der Waals surface area contributed by atoms with Crippen LogP contribution in [-0.2, 0) is 29.0 Å². The Bertz CT molecular complexity index is 1030. The summed E-state index contributed by atoms with van der Waals surface area (Å²) in [5.41, 5.74) is 3.76. The Kier molecular flexibility index (Phi) is 8.76. The second-order valence-electron chi connectivity index (χ2n) is 8.31. The van der Waals surface area contributed by atoms with Gasteiger partial charge in [-0.15, -0.1) is 0 Å². The monoisotopic (exact) mass is 446 g/mol. The van der Waals surface area contributed by atoms with Crippen molar-refractivity contribution in [2.45, 2.75) is 45.7 Å². The van der Waals surface area contributed by atoms with Gasteiger partial charge in [0.2, 0.25) is 11.8 Å². The molecule has 4 nitrogen and oxygen atoms in total. The Hall–Kier alpha value is -3.47. The molecule has 1 N–H and O–H groups in total. The van der Waals surface area contributed by atoms with E-state index in [4.69, 9.17) is 0 Å². The number of nitrogens with zero attached hydrogens (tertiary/aromatic N) is 1. The number of aryl methyl sites for hydroxylation is 1. The van der Waals surface area contributed by atoms with Crippen molar-refractivity contribution >= 4 is 11.8 Å². The number of nitrogens with one attached hydrogen (secondary N) is 1. The first-order chi connectivity index (χ1) is 16.0. The van der Waals surface area contributed by atoms with Crippen molar-refractivity contribution in [3.63, 3.8) is 0 Å². The van der Waals surface area contributed by atoms with Crippen molar-refractivity contribution in [3.05, 3.63) is 107 Å². The van der Waals surface area contributed by atoms with Crippen LogP contribution in [0.5, 0.6) is 0 Å². The molecule has 2 amide bonds. The zero-order valence-electron chi connectivity index (χ0n) is 19.3. The van der Waals surface area contributed by atoms with Crippen molar-refractivity contribution in [2.24, 2.45) is 0 Å². The van der Waals surface area contributed by atoms with Gasteiger partial charge < -0.3 is 10.2 Å². The summed E-state index contributed by atoms with van der Waals surface area (Å²) in [6.07, 6.45) is 1.39. The number of hydrogen-bond acceptors (Lipinski definition) is 2. The van der Waals surface area contributed by atoms with Crippen LogP contribution in [0, 0.1) is 12.7 Å². The summed E-state index contributed by atoms with van der Waals surface area (Å²) in [4.78, 5) is 28.4. The molecule has 0 aliphatic heterocycles. The maximum Gasteiger partial charge on any atom is 0.243 e. The van der Waals surface area contributed by atoms with E-state index in [1.807, 2.05) is 68.4 Å². The highest BCUT2D eigenvalue weighted by molar-refractivity contribution is 5.88. The van der Waals surface area contributed by atoms with Gasteiger partial charge in [0.25, 0.3) is 0 Å². The molecule has 3 aromatic carbocycles. The maximum absolute atomic E-state index is 13.6. The number of rotatable bonds is 10. The lowest BCUT2D eigenvalue weighted by Crippen LogP contribution is -2.51.